The van der Waals surface area contributed by atoms with Gasteiger partial charge in [-0.15, -0.1) is 10.2 Å². The molecule has 0 bridgehead atoms. The lowest BCUT2D eigenvalue weighted by Gasteiger charge is -2.29. The van der Waals surface area contributed by atoms with Crippen LogP contribution in [0.4, 0.5) is 5.95 Å². The van der Waals surface area contributed by atoms with Gasteiger partial charge >= 0.3 is 0 Å². The van der Waals surface area contributed by atoms with Crippen LogP contribution in [0, 0.1) is 0 Å². The molecule has 93 valence electrons. The fraction of sp³-hybridized carbons (Fsp3) is 0.500. The largest absolute Gasteiger partial charge is 0.393 e. The summed E-state index contributed by atoms with van der Waals surface area (Å²) < 4.78 is 0. The molecule has 0 amide bonds. The van der Waals surface area contributed by atoms with E-state index in [1.54, 1.807) is 12.4 Å². The van der Waals surface area contributed by atoms with Gasteiger partial charge in [-0.2, -0.15) is 0 Å². The third-order valence-electron chi connectivity index (χ3n) is 2.96. The van der Waals surface area contributed by atoms with Gasteiger partial charge in [-0.3, -0.25) is 0 Å². The van der Waals surface area contributed by atoms with Gasteiger partial charge in [-0.1, -0.05) is 0 Å². The van der Waals surface area contributed by atoms with Gasteiger partial charge in [0.2, 0.25) is 11.8 Å². The average molecular weight is 246 g/mol. The van der Waals surface area contributed by atoms with Crippen molar-refractivity contribution < 1.29 is 5.11 Å². The molecule has 18 heavy (non-hydrogen) atoms. The Morgan fingerprint density at radius 3 is 2.50 bits per heavy atom. The van der Waals surface area contributed by atoms with Gasteiger partial charge < -0.3 is 10.0 Å². The summed E-state index contributed by atoms with van der Waals surface area (Å²) in [5.74, 6) is 1.09. The Kier molecular flexibility index (Phi) is 2.85. The summed E-state index contributed by atoms with van der Waals surface area (Å²) >= 11 is 0. The Morgan fingerprint density at radius 1 is 1.17 bits per heavy atom. The van der Waals surface area contributed by atoms with Gasteiger partial charge in [0.25, 0.3) is 0 Å². The first-order valence-electron chi connectivity index (χ1n) is 5.77. The number of aliphatic hydroxyl groups excluding tert-OH is 1. The first-order valence-corrected chi connectivity index (χ1v) is 5.77. The first-order chi connectivity index (χ1) is 8.83. The SMILES string of the molecule is OC1CCN(c2ncc(C3=N[N]N=N3)cn2)CC1. The van der Waals surface area contributed by atoms with Crippen LogP contribution in [-0.2, 0) is 0 Å². The van der Waals surface area contributed by atoms with E-state index in [4.69, 9.17) is 0 Å². The molecule has 8 nitrogen and oxygen atoms in total. The molecule has 1 N–H and O–H groups in total. The maximum atomic E-state index is 9.45. The molecule has 0 aliphatic carbocycles. The molecule has 1 aromatic rings. The highest BCUT2D eigenvalue weighted by Crippen LogP contribution is 2.16. The number of rotatable bonds is 2. The number of nitrogens with zero attached hydrogens (tertiary/aromatic N) is 7. The van der Waals surface area contributed by atoms with Crippen LogP contribution in [0.3, 0.4) is 0 Å². The number of hydrogen-bond acceptors (Lipinski definition) is 7. The standard InChI is InChI=1S/C10H12N7O/c18-8-1-3-17(4-2-8)10-11-5-7(6-12-10)9-13-15-16-14-9/h5-6,8,18H,1-4H2. The molecule has 0 spiro atoms. The van der Waals surface area contributed by atoms with Crippen LogP contribution < -0.4 is 10.4 Å². The zero-order chi connectivity index (χ0) is 12.4. The lowest BCUT2D eigenvalue weighted by molar-refractivity contribution is 0.145. The van der Waals surface area contributed by atoms with Crippen LogP contribution in [0.25, 0.3) is 0 Å². The predicted octanol–water partition coefficient (Wildman–Crippen LogP) is 0.0845. The molecule has 3 rings (SSSR count). The highest BCUT2D eigenvalue weighted by Gasteiger charge is 2.19. The van der Waals surface area contributed by atoms with E-state index < -0.39 is 0 Å². The van der Waals surface area contributed by atoms with Crippen LogP contribution in [-0.4, -0.2) is 40.1 Å². The summed E-state index contributed by atoms with van der Waals surface area (Å²) in [7, 11) is 0. The van der Waals surface area contributed by atoms with Crippen molar-refractivity contribution in [3.8, 4) is 0 Å². The fourth-order valence-corrected chi connectivity index (χ4v) is 1.93. The minimum absolute atomic E-state index is 0.199. The highest BCUT2D eigenvalue weighted by molar-refractivity contribution is 5.98. The summed E-state index contributed by atoms with van der Waals surface area (Å²) in [4.78, 5) is 10.6. The van der Waals surface area contributed by atoms with Crippen molar-refractivity contribution in [1.29, 1.82) is 0 Å². The normalized spacial score (nSPS) is 19.8. The van der Waals surface area contributed by atoms with E-state index >= 15 is 0 Å². The predicted molar refractivity (Wildman–Crippen MR) is 63.0 cm³/mol. The molecule has 0 aromatic carbocycles. The lowest BCUT2D eigenvalue weighted by Crippen LogP contribution is -2.36. The van der Waals surface area contributed by atoms with Gasteiger partial charge in [0, 0.05) is 25.5 Å². The molecular weight excluding hydrogens is 234 g/mol. The second kappa shape index (κ2) is 4.65. The lowest BCUT2D eigenvalue weighted by atomic mass is 10.1. The summed E-state index contributed by atoms with van der Waals surface area (Å²) in [5.41, 5.74) is 4.11. The van der Waals surface area contributed by atoms with Crippen molar-refractivity contribution in [2.75, 3.05) is 18.0 Å². The number of piperidine rings is 1. The van der Waals surface area contributed by atoms with E-state index in [0.29, 0.717) is 17.3 Å². The van der Waals surface area contributed by atoms with E-state index in [0.717, 1.165) is 25.9 Å². The number of amidine groups is 1. The van der Waals surface area contributed by atoms with Crippen molar-refractivity contribution >= 4 is 11.8 Å². The quantitative estimate of drug-likeness (QED) is 0.798. The molecule has 0 saturated carbocycles. The van der Waals surface area contributed by atoms with Crippen molar-refractivity contribution in [2.24, 2.45) is 15.4 Å². The van der Waals surface area contributed by atoms with Crippen LogP contribution >= 0.6 is 0 Å². The van der Waals surface area contributed by atoms with Gasteiger partial charge in [-0.05, 0) is 23.6 Å². The number of hydrogen-bond donors (Lipinski definition) is 1. The maximum absolute atomic E-state index is 9.45. The van der Waals surface area contributed by atoms with Crippen LogP contribution in [0.15, 0.2) is 27.8 Å². The average Bonchev–Trinajstić information content (AvgIpc) is 2.94. The Hall–Kier alpha value is -2.09. The molecule has 2 aliphatic heterocycles. The molecule has 1 fully saturated rings. The second-order valence-electron chi connectivity index (χ2n) is 4.19. The third kappa shape index (κ3) is 2.14. The van der Waals surface area contributed by atoms with Crippen molar-refractivity contribution in [1.82, 2.24) is 15.5 Å². The van der Waals surface area contributed by atoms with Gasteiger partial charge in [0.05, 0.1) is 11.7 Å². The van der Waals surface area contributed by atoms with Crippen molar-refractivity contribution in [3.63, 3.8) is 0 Å². The first kappa shape index (κ1) is 11.0. The highest BCUT2D eigenvalue weighted by atomic mass is 16.3. The van der Waals surface area contributed by atoms with E-state index in [9.17, 15) is 5.11 Å². The van der Waals surface area contributed by atoms with Crippen LogP contribution in [0.2, 0.25) is 0 Å². The Bertz CT molecular complexity index is 476. The minimum atomic E-state index is -0.199. The van der Waals surface area contributed by atoms with E-state index in [2.05, 4.69) is 35.8 Å². The number of anilines is 1. The molecule has 1 aromatic heterocycles. The molecule has 1 saturated heterocycles. The van der Waals surface area contributed by atoms with Gasteiger partial charge in [0.15, 0.2) is 0 Å². The molecule has 3 heterocycles. The maximum Gasteiger partial charge on any atom is 0.225 e. The fourth-order valence-electron chi connectivity index (χ4n) is 1.93. The molecule has 2 aliphatic rings. The topological polar surface area (TPSA) is 100 Å². The van der Waals surface area contributed by atoms with Gasteiger partial charge in [-0.25, -0.2) is 9.97 Å². The Balaban J connectivity index is 1.73. The number of aliphatic hydroxyl groups is 1. The zero-order valence-electron chi connectivity index (χ0n) is 9.64. The van der Waals surface area contributed by atoms with E-state index in [1.165, 1.54) is 0 Å². The van der Waals surface area contributed by atoms with E-state index in [-0.39, 0.29) is 6.10 Å². The van der Waals surface area contributed by atoms with Crippen LogP contribution in [0.1, 0.15) is 18.4 Å². The Morgan fingerprint density at radius 2 is 1.89 bits per heavy atom. The summed E-state index contributed by atoms with van der Waals surface area (Å²) in [6.45, 7) is 1.55. The zero-order valence-corrected chi connectivity index (χ0v) is 9.64. The Labute approximate surface area is 103 Å². The minimum Gasteiger partial charge on any atom is -0.393 e. The number of aromatic nitrogens is 2. The smallest absolute Gasteiger partial charge is 0.225 e. The van der Waals surface area contributed by atoms with Gasteiger partial charge in [0.1, 0.15) is 0 Å². The molecule has 8 heteroatoms. The molecule has 1 radical (unpaired) electrons. The molecule has 0 unspecified atom stereocenters. The third-order valence-corrected chi connectivity index (χ3v) is 2.96. The summed E-state index contributed by atoms with van der Waals surface area (Å²) in [6.07, 6.45) is 4.63. The van der Waals surface area contributed by atoms with Crippen LogP contribution in [0.5, 0.6) is 0 Å². The molecule has 0 atom stereocenters. The molecular formula is C10H12N7O. The van der Waals surface area contributed by atoms with Crippen molar-refractivity contribution in [2.45, 2.75) is 18.9 Å². The van der Waals surface area contributed by atoms with Crippen molar-refractivity contribution in [3.05, 3.63) is 18.0 Å². The van der Waals surface area contributed by atoms with E-state index in [1.807, 2.05) is 0 Å². The second-order valence-corrected chi connectivity index (χ2v) is 4.19. The monoisotopic (exact) mass is 246 g/mol. The summed E-state index contributed by atoms with van der Waals surface area (Å²) in [5, 5.41) is 20.3. The summed E-state index contributed by atoms with van der Waals surface area (Å²) in [6, 6.07) is 0.